The first-order valence-electron chi connectivity index (χ1n) is 6.89. The van der Waals surface area contributed by atoms with Crippen molar-refractivity contribution in [1.29, 1.82) is 0 Å². The molecule has 0 aliphatic rings. The lowest BCUT2D eigenvalue weighted by Crippen LogP contribution is -2.09. The predicted molar refractivity (Wildman–Crippen MR) is 89.6 cm³/mol. The smallest absolute Gasteiger partial charge is 0.399 e. The molecule has 1 aromatic heterocycles. The van der Waals surface area contributed by atoms with Crippen molar-refractivity contribution in [1.82, 2.24) is 4.98 Å². The van der Waals surface area contributed by atoms with Crippen molar-refractivity contribution in [3.05, 3.63) is 17.1 Å². The molecule has 0 saturated carbocycles. The van der Waals surface area contributed by atoms with Crippen molar-refractivity contribution in [2.75, 3.05) is 27.4 Å². The molecule has 0 saturated heterocycles. The van der Waals surface area contributed by atoms with Crippen LogP contribution in [-0.4, -0.2) is 40.8 Å². The summed E-state index contributed by atoms with van der Waals surface area (Å²) < 4.78 is 40.7. The summed E-state index contributed by atoms with van der Waals surface area (Å²) in [5.41, 5.74) is 0.963. The summed E-state index contributed by atoms with van der Waals surface area (Å²) in [7, 11) is -0.417. The van der Waals surface area contributed by atoms with Crippen molar-refractivity contribution < 1.29 is 26.3 Å². The van der Waals surface area contributed by atoms with Crippen molar-refractivity contribution >= 4 is 32.0 Å². The lowest BCUT2D eigenvalue weighted by molar-refractivity contribution is 0.231. The molecule has 9 heteroatoms. The highest BCUT2D eigenvalue weighted by Crippen LogP contribution is 2.34. The molecule has 23 heavy (non-hydrogen) atoms. The molecule has 1 heterocycles. The van der Waals surface area contributed by atoms with Crippen LogP contribution in [-0.2, 0) is 18.8 Å². The van der Waals surface area contributed by atoms with Crippen LogP contribution in [0.1, 0.15) is 18.9 Å². The summed E-state index contributed by atoms with van der Waals surface area (Å²) >= 11 is 1.65. The van der Waals surface area contributed by atoms with Gasteiger partial charge in [0.15, 0.2) is 11.5 Å². The summed E-state index contributed by atoms with van der Waals surface area (Å²) in [5.74, 6) is 1.48. The maximum absolute atomic E-state index is 10.4. The lowest BCUT2D eigenvalue weighted by atomic mass is 10.3. The Morgan fingerprint density at radius 3 is 2.04 bits per heavy atom. The van der Waals surface area contributed by atoms with Crippen LogP contribution in [0, 0.1) is 6.92 Å². The third-order valence-corrected chi connectivity index (χ3v) is 4.51. The van der Waals surface area contributed by atoms with E-state index in [1.165, 1.54) is 0 Å². The van der Waals surface area contributed by atoms with Crippen molar-refractivity contribution in [2.45, 2.75) is 20.8 Å². The molecule has 2 aromatic rings. The fourth-order valence-electron chi connectivity index (χ4n) is 1.69. The second-order valence-electron chi connectivity index (χ2n) is 4.13. The number of methoxy groups -OCH3 is 2. The van der Waals surface area contributed by atoms with Gasteiger partial charge in [-0.1, -0.05) is 0 Å². The number of aryl methyl sites for hydroxylation is 1. The fourth-order valence-corrected chi connectivity index (χ4v) is 3.18. The van der Waals surface area contributed by atoms with E-state index in [1.807, 2.05) is 19.1 Å². The van der Waals surface area contributed by atoms with Crippen molar-refractivity contribution in [3.63, 3.8) is 0 Å². The minimum absolute atomic E-state index is 0.113. The number of ether oxygens (including phenoxy) is 2. The second kappa shape index (κ2) is 9.02. The number of hydrogen-bond acceptors (Lipinski definition) is 8. The fraction of sp³-hybridized carbons (Fsp3) is 0.500. The highest BCUT2D eigenvalue weighted by Gasteiger charge is 2.08. The molecular formula is C14H21NO6S2. The van der Waals surface area contributed by atoms with Crippen LogP contribution in [0.25, 0.3) is 10.2 Å². The van der Waals surface area contributed by atoms with E-state index in [4.69, 9.17) is 9.47 Å². The van der Waals surface area contributed by atoms with E-state index in [-0.39, 0.29) is 13.2 Å². The Kier molecular flexibility index (Phi) is 7.69. The highest BCUT2D eigenvalue weighted by atomic mass is 32.3. The molecule has 0 N–H and O–H groups in total. The maximum atomic E-state index is 10.4. The molecule has 130 valence electrons. The first-order chi connectivity index (χ1) is 10.9. The van der Waals surface area contributed by atoms with E-state index in [0.717, 1.165) is 26.7 Å². The van der Waals surface area contributed by atoms with Gasteiger partial charge in [0.2, 0.25) is 0 Å². The molecule has 0 amide bonds. The van der Waals surface area contributed by atoms with Crippen LogP contribution in [0.2, 0.25) is 0 Å². The molecule has 0 aliphatic carbocycles. The standard InChI is InChI=1S/C10H11NO2S.C4H10O4S/c1-6-11-7-4-8(12-2)9(13-3)5-10(7)14-6;1-3-7-9(5,6)8-4-2/h4-5H,1-3H3;3-4H2,1-2H3. The summed E-state index contributed by atoms with van der Waals surface area (Å²) in [4.78, 5) is 4.38. The van der Waals surface area contributed by atoms with Crippen LogP contribution < -0.4 is 9.47 Å². The van der Waals surface area contributed by atoms with Crippen LogP contribution in [0.5, 0.6) is 11.5 Å². The van der Waals surface area contributed by atoms with E-state index >= 15 is 0 Å². The van der Waals surface area contributed by atoms with E-state index in [0.29, 0.717) is 0 Å². The third kappa shape index (κ3) is 5.94. The van der Waals surface area contributed by atoms with Crippen LogP contribution in [0.15, 0.2) is 12.1 Å². The molecule has 0 bridgehead atoms. The van der Waals surface area contributed by atoms with Crippen LogP contribution in [0.4, 0.5) is 0 Å². The van der Waals surface area contributed by atoms with Crippen molar-refractivity contribution in [2.24, 2.45) is 0 Å². The average Bonchev–Trinajstić information content (AvgIpc) is 2.85. The van der Waals surface area contributed by atoms with Crippen molar-refractivity contribution in [3.8, 4) is 11.5 Å². The Morgan fingerprint density at radius 2 is 1.57 bits per heavy atom. The van der Waals surface area contributed by atoms with Gasteiger partial charge in [-0.3, -0.25) is 0 Å². The monoisotopic (exact) mass is 363 g/mol. The van der Waals surface area contributed by atoms with Gasteiger partial charge in [-0.25, -0.2) is 13.4 Å². The summed E-state index contributed by atoms with van der Waals surface area (Å²) in [6.07, 6.45) is 0. The number of fused-ring (bicyclic) bond motifs is 1. The molecule has 7 nitrogen and oxygen atoms in total. The zero-order valence-corrected chi connectivity index (χ0v) is 15.4. The predicted octanol–water partition coefficient (Wildman–Crippen LogP) is 2.93. The topological polar surface area (TPSA) is 84.0 Å². The van der Waals surface area contributed by atoms with Gasteiger partial charge in [0, 0.05) is 12.1 Å². The van der Waals surface area contributed by atoms with Gasteiger partial charge < -0.3 is 9.47 Å². The summed E-state index contributed by atoms with van der Waals surface area (Å²) in [6, 6.07) is 3.86. The lowest BCUT2D eigenvalue weighted by Gasteiger charge is -2.05. The van der Waals surface area contributed by atoms with Crippen LogP contribution in [0.3, 0.4) is 0 Å². The normalized spacial score (nSPS) is 11.0. The Hall–Kier alpha value is -1.42. The van der Waals surface area contributed by atoms with Gasteiger partial charge in [-0.05, 0) is 20.8 Å². The average molecular weight is 363 g/mol. The van der Waals surface area contributed by atoms with Gasteiger partial charge in [0.25, 0.3) is 0 Å². The van der Waals surface area contributed by atoms with E-state index in [2.05, 4.69) is 13.4 Å². The summed E-state index contributed by atoms with van der Waals surface area (Å²) in [5, 5.41) is 1.05. The quantitative estimate of drug-likeness (QED) is 0.780. The Balaban J connectivity index is 0.000000257. The number of hydrogen-bond donors (Lipinski definition) is 0. The van der Waals surface area contributed by atoms with E-state index < -0.39 is 10.4 Å². The SMILES string of the molecule is CCOS(=O)(=O)OCC.COc1cc2nc(C)sc2cc1OC. The summed E-state index contributed by atoms with van der Waals surface area (Å²) in [6.45, 7) is 5.38. The Labute approximate surface area is 140 Å². The van der Waals surface area contributed by atoms with Gasteiger partial charge in [0.05, 0.1) is 42.7 Å². The zero-order valence-electron chi connectivity index (χ0n) is 13.8. The molecular weight excluding hydrogens is 342 g/mol. The minimum Gasteiger partial charge on any atom is -0.493 e. The van der Waals surface area contributed by atoms with Gasteiger partial charge >= 0.3 is 10.4 Å². The number of rotatable bonds is 6. The Bertz CT molecular complexity index is 673. The molecule has 0 spiro atoms. The van der Waals surface area contributed by atoms with E-state index in [9.17, 15) is 8.42 Å². The minimum atomic E-state index is -3.68. The number of thiazole rings is 1. The first-order valence-corrected chi connectivity index (χ1v) is 9.04. The Morgan fingerprint density at radius 1 is 1.04 bits per heavy atom. The van der Waals surface area contributed by atoms with E-state index in [1.54, 1.807) is 39.4 Å². The maximum Gasteiger partial charge on any atom is 0.399 e. The van der Waals surface area contributed by atoms with Gasteiger partial charge in [0.1, 0.15) is 0 Å². The first kappa shape index (κ1) is 19.6. The molecule has 0 radical (unpaired) electrons. The molecule has 2 rings (SSSR count). The second-order valence-corrected chi connectivity index (χ2v) is 6.65. The zero-order chi connectivity index (χ0) is 17.5. The number of nitrogens with zero attached hydrogens (tertiary/aromatic N) is 1. The highest BCUT2D eigenvalue weighted by molar-refractivity contribution is 7.81. The molecule has 0 unspecified atom stereocenters. The molecule has 1 aromatic carbocycles. The largest absolute Gasteiger partial charge is 0.493 e. The van der Waals surface area contributed by atoms with Crippen LogP contribution >= 0.6 is 11.3 Å². The molecule has 0 aliphatic heterocycles. The number of aromatic nitrogens is 1. The van der Waals surface area contributed by atoms with Gasteiger partial charge in [-0.15, -0.1) is 11.3 Å². The third-order valence-electron chi connectivity index (χ3n) is 2.53. The molecule has 0 atom stereocenters. The number of benzene rings is 1. The molecule has 0 fully saturated rings. The van der Waals surface area contributed by atoms with Gasteiger partial charge in [-0.2, -0.15) is 8.42 Å².